The maximum atomic E-state index is 8.01. The molecular weight excluding hydrogens is 154 g/mol. The minimum absolute atomic E-state index is 0.482. The first kappa shape index (κ1) is 9.36. The summed E-state index contributed by atoms with van der Waals surface area (Å²) in [6.07, 6.45) is 6.13. The molecule has 0 radical (unpaired) electrons. The van der Waals surface area contributed by atoms with Crippen molar-refractivity contribution in [3.63, 3.8) is 0 Å². The number of rotatable bonds is 5. The number of hydrogen-bond acceptors (Lipinski definition) is 2. The lowest BCUT2D eigenvalue weighted by Gasteiger charge is -2.06. The Hall–Kier alpha value is -0.730. The highest BCUT2D eigenvalue weighted by Gasteiger charge is 2.13. The van der Waals surface area contributed by atoms with Crippen molar-refractivity contribution in [2.24, 2.45) is 5.11 Å². The molecule has 4 nitrogen and oxygen atoms in total. The van der Waals surface area contributed by atoms with Crippen molar-refractivity contribution in [3.05, 3.63) is 10.4 Å². The van der Waals surface area contributed by atoms with E-state index in [0.29, 0.717) is 12.6 Å². The molecule has 1 fully saturated rings. The maximum Gasteiger partial charge on any atom is 0.0576 e. The quantitative estimate of drug-likeness (QED) is 0.270. The van der Waals surface area contributed by atoms with E-state index in [4.69, 9.17) is 10.3 Å². The fraction of sp³-hybridized carbons (Fsp3) is 1.00. The van der Waals surface area contributed by atoms with Gasteiger partial charge in [0.1, 0.15) is 0 Å². The second kappa shape index (κ2) is 5.86. The highest BCUT2D eigenvalue weighted by molar-refractivity contribution is 4.64. The second-order valence-corrected chi connectivity index (χ2v) is 3.09. The molecule has 0 bridgehead atoms. The Labute approximate surface area is 72.5 Å². The van der Waals surface area contributed by atoms with Crippen LogP contribution in [0.15, 0.2) is 5.11 Å². The predicted molar refractivity (Wildman–Crippen MR) is 46.8 cm³/mol. The number of ether oxygens (including phenoxy) is 1. The van der Waals surface area contributed by atoms with Gasteiger partial charge in [-0.3, -0.25) is 0 Å². The first-order valence-corrected chi connectivity index (χ1v) is 4.56. The summed E-state index contributed by atoms with van der Waals surface area (Å²) in [6, 6.07) is 0. The van der Waals surface area contributed by atoms with Gasteiger partial charge in [-0.2, -0.15) is 0 Å². The molecule has 1 saturated heterocycles. The molecule has 1 rings (SSSR count). The van der Waals surface area contributed by atoms with Crippen LogP contribution in [0.5, 0.6) is 0 Å². The van der Waals surface area contributed by atoms with Crippen LogP contribution < -0.4 is 0 Å². The maximum absolute atomic E-state index is 8.01. The topological polar surface area (TPSA) is 58.0 Å². The van der Waals surface area contributed by atoms with E-state index in [1.54, 1.807) is 0 Å². The van der Waals surface area contributed by atoms with Gasteiger partial charge < -0.3 is 4.74 Å². The van der Waals surface area contributed by atoms with Crippen molar-refractivity contribution in [2.75, 3.05) is 13.2 Å². The third kappa shape index (κ3) is 3.60. The molecule has 0 amide bonds. The smallest absolute Gasteiger partial charge is 0.0576 e. The zero-order valence-corrected chi connectivity index (χ0v) is 7.28. The van der Waals surface area contributed by atoms with Crippen LogP contribution in [0.3, 0.4) is 0 Å². The van der Waals surface area contributed by atoms with Gasteiger partial charge in [0.15, 0.2) is 0 Å². The molecule has 1 aliphatic heterocycles. The first-order chi connectivity index (χ1) is 5.93. The van der Waals surface area contributed by atoms with E-state index in [1.165, 1.54) is 12.8 Å². The molecule has 1 aliphatic rings. The number of nitrogens with zero attached hydrogens (tertiary/aromatic N) is 3. The van der Waals surface area contributed by atoms with Crippen molar-refractivity contribution in [3.8, 4) is 0 Å². The average Bonchev–Trinajstić information content (AvgIpc) is 2.57. The summed E-state index contributed by atoms with van der Waals surface area (Å²) < 4.78 is 5.46. The monoisotopic (exact) mass is 169 g/mol. The Kier molecular flexibility index (Phi) is 4.57. The van der Waals surface area contributed by atoms with Gasteiger partial charge in [0.05, 0.1) is 6.10 Å². The summed E-state index contributed by atoms with van der Waals surface area (Å²) in [7, 11) is 0. The minimum atomic E-state index is 0.482. The van der Waals surface area contributed by atoms with E-state index in [1.807, 2.05) is 0 Å². The fourth-order valence-electron chi connectivity index (χ4n) is 1.47. The van der Waals surface area contributed by atoms with Gasteiger partial charge >= 0.3 is 0 Å². The van der Waals surface area contributed by atoms with E-state index in [0.717, 1.165) is 25.9 Å². The predicted octanol–water partition coefficient (Wildman–Crippen LogP) is 2.65. The summed E-state index contributed by atoms with van der Waals surface area (Å²) in [5, 5.41) is 3.48. The van der Waals surface area contributed by atoms with Gasteiger partial charge in [-0.05, 0) is 31.2 Å². The third-order valence-corrected chi connectivity index (χ3v) is 2.12. The normalized spacial score (nSPS) is 22.2. The second-order valence-electron chi connectivity index (χ2n) is 3.09. The van der Waals surface area contributed by atoms with E-state index >= 15 is 0 Å². The van der Waals surface area contributed by atoms with Gasteiger partial charge in [-0.1, -0.05) is 11.5 Å². The summed E-state index contributed by atoms with van der Waals surface area (Å²) in [6.45, 7) is 1.56. The van der Waals surface area contributed by atoms with Gasteiger partial charge in [-0.25, -0.2) is 0 Å². The fourth-order valence-corrected chi connectivity index (χ4v) is 1.47. The van der Waals surface area contributed by atoms with Crippen LogP contribution in [0, 0.1) is 0 Å². The van der Waals surface area contributed by atoms with E-state index in [9.17, 15) is 0 Å². The number of azide groups is 1. The molecule has 0 aromatic rings. The lowest BCUT2D eigenvalue weighted by atomic mass is 10.1. The van der Waals surface area contributed by atoms with E-state index in [-0.39, 0.29) is 0 Å². The summed E-state index contributed by atoms with van der Waals surface area (Å²) in [5.74, 6) is 0. The Balaban J connectivity index is 1.91. The zero-order chi connectivity index (χ0) is 8.65. The standard InChI is InChI=1S/C8H15N3O/c9-11-10-6-2-1-4-8-5-3-7-12-8/h8H,1-7H2. The van der Waals surface area contributed by atoms with Crippen LogP contribution in [0.2, 0.25) is 0 Å². The lowest BCUT2D eigenvalue weighted by Crippen LogP contribution is -2.04. The zero-order valence-electron chi connectivity index (χ0n) is 7.28. The summed E-state index contributed by atoms with van der Waals surface area (Å²) in [4.78, 5) is 2.70. The molecule has 0 aromatic heterocycles. The first-order valence-electron chi connectivity index (χ1n) is 4.56. The molecule has 68 valence electrons. The van der Waals surface area contributed by atoms with Crippen molar-refractivity contribution in [1.29, 1.82) is 0 Å². The van der Waals surface area contributed by atoms with Crippen LogP contribution in [-0.4, -0.2) is 19.3 Å². The molecule has 1 unspecified atom stereocenters. The largest absolute Gasteiger partial charge is 0.378 e. The van der Waals surface area contributed by atoms with Crippen LogP contribution in [0.25, 0.3) is 10.4 Å². The van der Waals surface area contributed by atoms with Crippen LogP contribution in [0.1, 0.15) is 32.1 Å². The summed E-state index contributed by atoms with van der Waals surface area (Å²) in [5.41, 5.74) is 8.01. The number of unbranched alkanes of at least 4 members (excludes halogenated alkanes) is 1. The number of hydrogen-bond donors (Lipinski definition) is 0. The van der Waals surface area contributed by atoms with Crippen molar-refractivity contribution < 1.29 is 4.74 Å². The molecule has 0 N–H and O–H groups in total. The van der Waals surface area contributed by atoms with E-state index < -0.39 is 0 Å². The Bertz CT molecular complexity index is 160. The van der Waals surface area contributed by atoms with Gasteiger partial charge in [-0.15, -0.1) is 0 Å². The highest BCUT2D eigenvalue weighted by Crippen LogP contribution is 2.17. The van der Waals surface area contributed by atoms with Gasteiger partial charge in [0.2, 0.25) is 0 Å². The molecule has 0 aliphatic carbocycles. The molecule has 0 aromatic carbocycles. The highest BCUT2D eigenvalue weighted by atomic mass is 16.5. The van der Waals surface area contributed by atoms with Crippen molar-refractivity contribution >= 4 is 0 Å². The molecule has 0 saturated carbocycles. The van der Waals surface area contributed by atoms with Crippen LogP contribution in [-0.2, 0) is 4.74 Å². The Morgan fingerprint density at radius 1 is 1.50 bits per heavy atom. The van der Waals surface area contributed by atoms with Crippen LogP contribution >= 0.6 is 0 Å². The van der Waals surface area contributed by atoms with E-state index in [2.05, 4.69) is 10.0 Å². The van der Waals surface area contributed by atoms with Gasteiger partial charge in [0, 0.05) is 18.1 Å². The van der Waals surface area contributed by atoms with Crippen LogP contribution in [0.4, 0.5) is 0 Å². The van der Waals surface area contributed by atoms with Crippen molar-refractivity contribution in [2.45, 2.75) is 38.2 Å². The molecule has 1 atom stereocenters. The molecule has 4 heteroatoms. The lowest BCUT2D eigenvalue weighted by molar-refractivity contribution is 0.102. The molecule has 12 heavy (non-hydrogen) atoms. The Morgan fingerprint density at radius 3 is 3.08 bits per heavy atom. The Morgan fingerprint density at radius 2 is 2.42 bits per heavy atom. The average molecular weight is 169 g/mol. The SMILES string of the molecule is [N-]=[N+]=NCCCCC1CCCO1. The minimum Gasteiger partial charge on any atom is -0.378 e. The molecule has 0 spiro atoms. The molecule has 1 heterocycles. The summed E-state index contributed by atoms with van der Waals surface area (Å²) >= 11 is 0. The molecular formula is C8H15N3O. The van der Waals surface area contributed by atoms with Gasteiger partial charge in [0.25, 0.3) is 0 Å². The van der Waals surface area contributed by atoms with Crippen molar-refractivity contribution in [1.82, 2.24) is 0 Å². The third-order valence-electron chi connectivity index (χ3n) is 2.12.